The quantitative estimate of drug-likeness (QED) is 0.669. The van der Waals surface area contributed by atoms with Gasteiger partial charge in [-0.2, -0.15) is 18.3 Å². The van der Waals surface area contributed by atoms with Gasteiger partial charge in [0.1, 0.15) is 0 Å². The van der Waals surface area contributed by atoms with Crippen molar-refractivity contribution in [3.05, 3.63) is 70.2 Å². The number of hydrogen-bond acceptors (Lipinski definition) is 2. The molecule has 0 atom stereocenters. The van der Waals surface area contributed by atoms with E-state index < -0.39 is 17.6 Å². The fourth-order valence-electron chi connectivity index (χ4n) is 1.66. The Morgan fingerprint density at radius 3 is 2.55 bits per heavy atom. The summed E-state index contributed by atoms with van der Waals surface area (Å²) >= 11 is 5.75. The molecule has 7 heteroatoms. The van der Waals surface area contributed by atoms with E-state index in [1.807, 2.05) is 0 Å². The van der Waals surface area contributed by atoms with Crippen molar-refractivity contribution in [1.29, 1.82) is 0 Å². The molecule has 1 amide bonds. The largest absolute Gasteiger partial charge is 0.416 e. The van der Waals surface area contributed by atoms with Crippen LogP contribution in [0.25, 0.3) is 0 Å². The van der Waals surface area contributed by atoms with E-state index in [0.29, 0.717) is 10.6 Å². The van der Waals surface area contributed by atoms with Crippen LogP contribution >= 0.6 is 11.6 Å². The summed E-state index contributed by atoms with van der Waals surface area (Å²) in [5.74, 6) is -0.509. The smallest absolute Gasteiger partial charge is 0.267 e. The van der Waals surface area contributed by atoms with Crippen molar-refractivity contribution < 1.29 is 18.0 Å². The van der Waals surface area contributed by atoms with E-state index in [1.165, 1.54) is 18.2 Å². The van der Waals surface area contributed by atoms with Crippen molar-refractivity contribution in [3.8, 4) is 0 Å². The molecule has 0 aromatic heterocycles. The van der Waals surface area contributed by atoms with Crippen LogP contribution in [0.5, 0.6) is 0 Å². The predicted molar refractivity (Wildman–Crippen MR) is 78.0 cm³/mol. The Hall–Kier alpha value is -2.34. The van der Waals surface area contributed by atoms with Crippen molar-refractivity contribution in [2.45, 2.75) is 6.18 Å². The summed E-state index contributed by atoms with van der Waals surface area (Å²) in [7, 11) is 0. The van der Waals surface area contributed by atoms with E-state index in [-0.39, 0.29) is 5.56 Å². The molecule has 0 aliphatic carbocycles. The molecule has 0 heterocycles. The second kappa shape index (κ2) is 6.62. The van der Waals surface area contributed by atoms with Crippen LogP contribution in [-0.4, -0.2) is 12.1 Å². The van der Waals surface area contributed by atoms with Gasteiger partial charge in [-0.3, -0.25) is 4.79 Å². The van der Waals surface area contributed by atoms with Gasteiger partial charge < -0.3 is 0 Å². The molecule has 3 nitrogen and oxygen atoms in total. The van der Waals surface area contributed by atoms with Gasteiger partial charge in [0.15, 0.2) is 0 Å². The maximum atomic E-state index is 12.6. The Bertz CT molecular complexity index is 714. The molecular weight excluding hydrogens is 317 g/mol. The zero-order valence-corrected chi connectivity index (χ0v) is 11.8. The third kappa shape index (κ3) is 4.33. The maximum absolute atomic E-state index is 12.6. The first-order valence-corrected chi connectivity index (χ1v) is 6.50. The van der Waals surface area contributed by atoms with Crippen LogP contribution in [0.2, 0.25) is 5.02 Å². The summed E-state index contributed by atoms with van der Waals surface area (Å²) in [6.07, 6.45) is -3.29. The van der Waals surface area contributed by atoms with Crippen LogP contribution in [0.15, 0.2) is 53.6 Å². The summed E-state index contributed by atoms with van der Waals surface area (Å²) in [6, 6.07) is 10.8. The molecule has 0 aliphatic rings. The highest BCUT2D eigenvalue weighted by molar-refractivity contribution is 6.30. The number of alkyl halides is 3. The molecular formula is C15H10ClF3N2O. The first kappa shape index (κ1) is 16.0. The van der Waals surface area contributed by atoms with Crippen molar-refractivity contribution in [3.63, 3.8) is 0 Å². The highest BCUT2D eigenvalue weighted by atomic mass is 35.5. The lowest BCUT2D eigenvalue weighted by atomic mass is 10.1. The van der Waals surface area contributed by atoms with Crippen LogP contribution in [-0.2, 0) is 6.18 Å². The van der Waals surface area contributed by atoms with Crippen LogP contribution in [0.3, 0.4) is 0 Å². The number of nitrogens with one attached hydrogen (secondary N) is 1. The first-order valence-electron chi connectivity index (χ1n) is 6.12. The number of carbonyl (C=O) groups is 1. The monoisotopic (exact) mass is 326 g/mol. The number of hydrogen-bond donors (Lipinski definition) is 1. The minimum Gasteiger partial charge on any atom is -0.267 e. The lowest BCUT2D eigenvalue weighted by Crippen LogP contribution is -2.17. The van der Waals surface area contributed by atoms with Gasteiger partial charge in [0, 0.05) is 10.6 Å². The summed E-state index contributed by atoms with van der Waals surface area (Å²) in [5.41, 5.74) is 1.97. The van der Waals surface area contributed by atoms with Gasteiger partial charge in [-0.15, -0.1) is 0 Å². The number of halogens is 4. The van der Waals surface area contributed by atoms with Gasteiger partial charge in [-0.05, 0) is 35.9 Å². The minimum absolute atomic E-state index is 0.223. The number of rotatable bonds is 3. The van der Waals surface area contributed by atoms with Crippen LogP contribution < -0.4 is 5.43 Å². The molecule has 2 aromatic rings. The van der Waals surface area contributed by atoms with Crippen LogP contribution in [0.1, 0.15) is 21.5 Å². The molecule has 0 aliphatic heterocycles. The SMILES string of the molecule is O=C(N/N=C\c1cccc(C(F)(F)F)c1)c1cccc(Cl)c1. The zero-order chi connectivity index (χ0) is 16.2. The molecule has 0 fully saturated rings. The average molecular weight is 327 g/mol. The second-order valence-corrected chi connectivity index (χ2v) is 4.77. The van der Waals surface area contributed by atoms with Gasteiger partial charge in [0.05, 0.1) is 11.8 Å². The summed E-state index contributed by atoms with van der Waals surface area (Å²) < 4.78 is 37.7. The average Bonchev–Trinajstić information content (AvgIpc) is 2.46. The molecule has 0 saturated heterocycles. The molecule has 2 rings (SSSR count). The van der Waals surface area contributed by atoms with Gasteiger partial charge >= 0.3 is 6.18 Å². The standard InChI is InChI=1S/C15H10ClF3N2O/c16-13-6-2-4-11(8-13)14(22)21-20-9-10-3-1-5-12(7-10)15(17,18)19/h1-9H,(H,21,22)/b20-9-. The fraction of sp³-hybridized carbons (Fsp3) is 0.0667. The summed E-state index contributed by atoms with van der Waals surface area (Å²) in [5, 5.41) is 4.03. The Balaban J connectivity index is 2.05. The molecule has 0 radical (unpaired) electrons. The van der Waals surface area contributed by atoms with Gasteiger partial charge in [-0.1, -0.05) is 29.8 Å². The number of nitrogens with zero attached hydrogens (tertiary/aromatic N) is 1. The Labute approximate surface area is 129 Å². The van der Waals surface area contributed by atoms with Gasteiger partial charge in [0.2, 0.25) is 0 Å². The van der Waals surface area contributed by atoms with Crippen molar-refractivity contribution >= 4 is 23.7 Å². The molecule has 0 saturated carbocycles. The minimum atomic E-state index is -4.42. The third-order valence-electron chi connectivity index (χ3n) is 2.68. The predicted octanol–water partition coefficient (Wildman–Crippen LogP) is 4.12. The molecule has 1 N–H and O–H groups in total. The van der Waals surface area contributed by atoms with Crippen LogP contribution in [0, 0.1) is 0 Å². The number of amides is 1. The molecule has 2 aromatic carbocycles. The molecule has 0 unspecified atom stereocenters. The van der Waals surface area contributed by atoms with E-state index in [1.54, 1.807) is 18.2 Å². The van der Waals surface area contributed by atoms with Crippen molar-refractivity contribution in [2.75, 3.05) is 0 Å². The topological polar surface area (TPSA) is 41.5 Å². The second-order valence-electron chi connectivity index (χ2n) is 4.33. The first-order chi connectivity index (χ1) is 10.4. The Morgan fingerprint density at radius 2 is 1.86 bits per heavy atom. The Kier molecular flexibility index (Phi) is 4.82. The highest BCUT2D eigenvalue weighted by Gasteiger charge is 2.30. The van der Waals surface area contributed by atoms with Crippen LogP contribution in [0.4, 0.5) is 13.2 Å². The maximum Gasteiger partial charge on any atom is 0.416 e. The van der Waals surface area contributed by atoms with Crippen molar-refractivity contribution in [2.24, 2.45) is 5.10 Å². The van der Waals surface area contributed by atoms with Crippen molar-refractivity contribution in [1.82, 2.24) is 5.43 Å². The number of hydrazone groups is 1. The third-order valence-corrected chi connectivity index (χ3v) is 2.92. The molecule has 114 valence electrons. The summed E-state index contributed by atoms with van der Waals surface area (Å²) in [6.45, 7) is 0. The van der Waals surface area contributed by atoms with E-state index in [4.69, 9.17) is 11.6 Å². The normalized spacial score (nSPS) is 11.6. The van der Waals surface area contributed by atoms with Gasteiger partial charge in [-0.25, -0.2) is 5.43 Å². The highest BCUT2D eigenvalue weighted by Crippen LogP contribution is 2.29. The lowest BCUT2D eigenvalue weighted by Gasteiger charge is -2.06. The summed E-state index contributed by atoms with van der Waals surface area (Å²) in [4.78, 5) is 11.7. The fourth-order valence-corrected chi connectivity index (χ4v) is 1.85. The number of benzene rings is 2. The van der Waals surface area contributed by atoms with E-state index in [9.17, 15) is 18.0 Å². The zero-order valence-electron chi connectivity index (χ0n) is 11.1. The molecule has 0 spiro atoms. The Morgan fingerprint density at radius 1 is 1.14 bits per heavy atom. The number of carbonyl (C=O) groups excluding carboxylic acids is 1. The molecule has 0 bridgehead atoms. The lowest BCUT2D eigenvalue weighted by molar-refractivity contribution is -0.137. The van der Waals surface area contributed by atoms with E-state index in [2.05, 4.69) is 10.5 Å². The van der Waals surface area contributed by atoms with E-state index >= 15 is 0 Å². The molecule has 22 heavy (non-hydrogen) atoms. The van der Waals surface area contributed by atoms with Gasteiger partial charge in [0.25, 0.3) is 5.91 Å². The van der Waals surface area contributed by atoms with E-state index in [0.717, 1.165) is 18.3 Å².